The first kappa shape index (κ1) is 36.7. The standard InChI is InChI=1S/C40H41F4N7O4/c1-48-36-29(6-3-7-32(36)51(39(48)55)33-13-15-35(52)47-38(33)54)28-16-17-49(21-30(28)41)19-23-8-10-24(11-9-23)31-22-50-20-27(12-14-34(50)46-31)45-37(53)25-4-2-5-26(18-25)40(42,43)44/h2-7,12,14,18,20,22-24,28,30,33H,8-11,13,15-17,19,21H2,1H3,(H,45,53)(H,47,52,54)/t23?,24?,28-,30+,33?/m0/s1. The number of benzene rings is 2. The number of fused-ring (bicyclic) bond motifs is 2. The number of nitrogens with one attached hydrogen (secondary N) is 2. The second-order valence-corrected chi connectivity index (χ2v) is 15.2. The van der Waals surface area contributed by atoms with Gasteiger partial charge in [-0.1, -0.05) is 18.2 Å². The number of carbonyl (C=O) groups is 3. The van der Waals surface area contributed by atoms with Crippen molar-refractivity contribution >= 4 is 40.1 Å². The van der Waals surface area contributed by atoms with E-state index in [0.29, 0.717) is 41.3 Å². The molecule has 0 spiro atoms. The smallest absolute Gasteiger partial charge is 0.321 e. The number of imide groups is 1. The van der Waals surface area contributed by atoms with Gasteiger partial charge in [-0.05, 0) is 92.9 Å². The van der Waals surface area contributed by atoms with E-state index in [9.17, 15) is 32.3 Å². The van der Waals surface area contributed by atoms with Gasteiger partial charge in [0.2, 0.25) is 11.8 Å². The monoisotopic (exact) mass is 759 g/mol. The highest BCUT2D eigenvalue weighted by atomic mass is 19.4. The van der Waals surface area contributed by atoms with Gasteiger partial charge in [0, 0.05) is 56.4 Å². The van der Waals surface area contributed by atoms with Crippen LogP contribution in [0.3, 0.4) is 0 Å². The Bertz CT molecular complexity index is 2360. The van der Waals surface area contributed by atoms with Crippen LogP contribution < -0.4 is 16.3 Å². The molecule has 0 radical (unpaired) electrons. The lowest BCUT2D eigenvalue weighted by Gasteiger charge is -2.38. The van der Waals surface area contributed by atoms with Gasteiger partial charge in [0.05, 0.1) is 28.0 Å². The predicted octanol–water partition coefficient (Wildman–Crippen LogP) is 6.34. The number of rotatable bonds is 7. The van der Waals surface area contributed by atoms with Gasteiger partial charge >= 0.3 is 11.9 Å². The second-order valence-electron chi connectivity index (χ2n) is 15.2. The maximum absolute atomic E-state index is 16.1. The van der Waals surface area contributed by atoms with Crippen LogP contribution in [0, 0.1) is 5.92 Å². The molecule has 11 nitrogen and oxygen atoms in total. The lowest BCUT2D eigenvalue weighted by molar-refractivity contribution is -0.138. The molecule has 8 rings (SSSR count). The van der Waals surface area contributed by atoms with Crippen molar-refractivity contribution in [1.82, 2.24) is 28.7 Å². The average molecular weight is 760 g/mol. The molecular formula is C40H41F4N7O4. The van der Waals surface area contributed by atoms with Crippen molar-refractivity contribution in [2.45, 2.75) is 75.2 Å². The second kappa shape index (κ2) is 14.4. The molecule has 55 heavy (non-hydrogen) atoms. The number of nitrogens with zero attached hydrogens (tertiary/aromatic N) is 5. The maximum atomic E-state index is 16.1. The van der Waals surface area contributed by atoms with E-state index in [-0.39, 0.29) is 35.9 Å². The normalized spacial score (nSPS) is 24.0. The van der Waals surface area contributed by atoms with E-state index in [1.807, 2.05) is 22.7 Å². The van der Waals surface area contributed by atoms with E-state index in [1.54, 1.807) is 31.4 Å². The fraction of sp³-hybridized carbons (Fsp3) is 0.425. The number of pyridine rings is 1. The number of likely N-dealkylation sites (tertiary alicyclic amines) is 1. The topological polar surface area (TPSA) is 123 Å². The molecule has 15 heteroatoms. The van der Waals surface area contributed by atoms with Crippen LogP contribution in [0.2, 0.25) is 0 Å². The van der Waals surface area contributed by atoms with Gasteiger partial charge in [0.25, 0.3) is 5.91 Å². The van der Waals surface area contributed by atoms with Crippen LogP contribution in [0.5, 0.6) is 0 Å². The van der Waals surface area contributed by atoms with Crippen LogP contribution in [0.1, 0.15) is 90.0 Å². The third-order valence-corrected chi connectivity index (χ3v) is 11.6. The third-order valence-electron chi connectivity index (χ3n) is 11.6. The van der Waals surface area contributed by atoms with Gasteiger partial charge in [-0.3, -0.25) is 28.8 Å². The third kappa shape index (κ3) is 7.17. The molecule has 288 valence electrons. The number of aryl methyl sites for hydroxylation is 1. The van der Waals surface area contributed by atoms with E-state index >= 15 is 4.39 Å². The van der Waals surface area contributed by atoms with Crippen molar-refractivity contribution in [3.8, 4) is 0 Å². The first-order valence-electron chi connectivity index (χ1n) is 18.7. The SMILES string of the molecule is Cn1c(=O)n(C2CCC(=O)NC2=O)c2cccc([C@@H]3CCN(CC4CCC(c5cn6cc(NC(=O)c7cccc(C(F)(F)F)c7)ccc6n5)CC4)C[C@H]3F)c21. The number of aromatic nitrogens is 4. The Morgan fingerprint density at radius 1 is 0.964 bits per heavy atom. The Morgan fingerprint density at radius 3 is 2.49 bits per heavy atom. The molecule has 0 bridgehead atoms. The number of carbonyl (C=O) groups excluding carboxylic acids is 3. The molecule has 3 aliphatic rings. The molecule has 2 aliphatic heterocycles. The predicted molar refractivity (Wildman–Crippen MR) is 197 cm³/mol. The number of piperidine rings is 2. The van der Waals surface area contributed by atoms with Gasteiger partial charge < -0.3 is 14.6 Å². The van der Waals surface area contributed by atoms with E-state index < -0.39 is 41.7 Å². The van der Waals surface area contributed by atoms with E-state index in [0.717, 1.165) is 62.2 Å². The number of alkyl halides is 4. The molecular weight excluding hydrogens is 718 g/mol. The molecule has 3 aromatic heterocycles. The number of amides is 3. The van der Waals surface area contributed by atoms with Crippen molar-refractivity contribution < 1.29 is 31.9 Å². The van der Waals surface area contributed by atoms with Crippen LogP contribution in [-0.4, -0.2) is 66.9 Å². The van der Waals surface area contributed by atoms with Gasteiger partial charge in [-0.15, -0.1) is 0 Å². The van der Waals surface area contributed by atoms with Crippen molar-refractivity contribution in [2.75, 3.05) is 25.0 Å². The van der Waals surface area contributed by atoms with Crippen LogP contribution in [0.25, 0.3) is 16.7 Å². The molecule has 5 aromatic rings. The lowest BCUT2D eigenvalue weighted by Crippen LogP contribution is -2.44. The highest BCUT2D eigenvalue weighted by Crippen LogP contribution is 2.39. The molecule has 2 N–H and O–H groups in total. The zero-order chi connectivity index (χ0) is 38.6. The Hall–Kier alpha value is -5.31. The van der Waals surface area contributed by atoms with Gasteiger partial charge in [-0.2, -0.15) is 13.2 Å². The number of para-hydroxylation sites is 1. The molecule has 3 amide bonds. The molecule has 5 heterocycles. The Kier molecular flexibility index (Phi) is 9.60. The minimum absolute atomic E-state index is 0.0885. The summed E-state index contributed by atoms with van der Waals surface area (Å²) in [5.74, 6) is -1.23. The lowest BCUT2D eigenvalue weighted by atomic mass is 9.80. The van der Waals surface area contributed by atoms with E-state index in [4.69, 9.17) is 4.98 Å². The Balaban J connectivity index is 0.872. The van der Waals surface area contributed by atoms with Crippen molar-refractivity contribution in [3.05, 3.63) is 99.9 Å². The molecule has 2 saturated heterocycles. The largest absolute Gasteiger partial charge is 0.416 e. The molecule has 1 saturated carbocycles. The van der Waals surface area contributed by atoms with Crippen LogP contribution in [-0.2, 0) is 22.8 Å². The number of hydrogen-bond donors (Lipinski definition) is 2. The number of anilines is 1. The fourth-order valence-electron chi connectivity index (χ4n) is 8.81. The van der Waals surface area contributed by atoms with Crippen LogP contribution >= 0.6 is 0 Å². The van der Waals surface area contributed by atoms with Gasteiger partial charge in [-0.25, -0.2) is 14.2 Å². The van der Waals surface area contributed by atoms with Gasteiger partial charge in [0.1, 0.15) is 17.9 Å². The number of hydrogen-bond acceptors (Lipinski definition) is 6. The van der Waals surface area contributed by atoms with Crippen molar-refractivity contribution in [1.29, 1.82) is 0 Å². The van der Waals surface area contributed by atoms with Gasteiger partial charge in [0.15, 0.2) is 0 Å². The highest BCUT2D eigenvalue weighted by Gasteiger charge is 2.36. The summed E-state index contributed by atoms with van der Waals surface area (Å²) in [6.07, 6.45) is 2.75. The summed E-state index contributed by atoms with van der Waals surface area (Å²) in [7, 11) is 1.65. The first-order chi connectivity index (χ1) is 26.3. The first-order valence-corrected chi connectivity index (χ1v) is 18.7. The quantitative estimate of drug-likeness (QED) is 0.148. The zero-order valence-corrected chi connectivity index (χ0v) is 30.2. The van der Waals surface area contributed by atoms with Crippen molar-refractivity contribution in [2.24, 2.45) is 13.0 Å². The number of halogens is 4. The minimum Gasteiger partial charge on any atom is -0.321 e. The number of imidazole rings is 2. The highest BCUT2D eigenvalue weighted by molar-refractivity contribution is 6.04. The van der Waals surface area contributed by atoms with Crippen molar-refractivity contribution in [3.63, 3.8) is 0 Å². The molecule has 1 aliphatic carbocycles. The molecule has 3 fully saturated rings. The van der Waals surface area contributed by atoms with E-state index in [2.05, 4.69) is 15.5 Å². The zero-order valence-electron chi connectivity index (χ0n) is 30.2. The summed E-state index contributed by atoms with van der Waals surface area (Å²) < 4.78 is 60.2. The molecule has 1 unspecified atom stereocenters. The van der Waals surface area contributed by atoms with Crippen LogP contribution in [0.4, 0.5) is 23.2 Å². The summed E-state index contributed by atoms with van der Waals surface area (Å²) >= 11 is 0. The minimum atomic E-state index is -4.55. The summed E-state index contributed by atoms with van der Waals surface area (Å²) in [6, 6.07) is 12.4. The Labute approximate surface area is 313 Å². The van der Waals surface area contributed by atoms with Crippen LogP contribution in [0.15, 0.2) is 71.8 Å². The Morgan fingerprint density at radius 2 is 1.75 bits per heavy atom. The summed E-state index contributed by atoms with van der Waals surface area (Å²) in [5, 5.41) is 5.02. The summed E-state index contributed by atoms with van der Waals surface area (Å²) in [4.78, 5) is 57.6. The van der Waals surface area contributed by atoms with E-state index in [1.165, 1.54) is 21.3 Å². The molecule has 2 aromatic carbocycles. The fourth-order valence-corrected chi connectivity index (χ4v) is 8.81. The maximum Gasteiger partial charge on any atom is 0.416 e. The summed E-state index contributed by atoms with van der Waals surface area (Å²) in [6.45, 7) is 1.82. The molecule has 3 atom stereocenters. The summed E-state index contributed by atoms with van der Waals surface area (Å²) in [5.41, 5.74) is 2.69. The average Bonchev–Trinajstić information content (AvgIpc) is 3.69.